The molecule has 0 radical (unpaired) electrons. The van der Waals surface area contributed by atoms with E-state index in [0.29, 0.717) is 19.7 Å². The van der Waals surface area contributed by atoms with Gasteiger partial charge in [-0.2, -0.15) is 0 Å². The maximum atomic E-state index is 13.4. The lowest BCUT2D eigenvalue weighted by molar-refractivity contribution is -0.135. The van der Waals surface area contributed by atoms with Crippen molar-refractivity contribution in [3.8, 4) is 5.75 Å². The van der Waals surface area contributed by atoms with E-state index in [0.717, 1.165) is 24.2 Å². The van der Waals surface area contributed by atoms with Gasteiger partial charge in [-0.25, -0.2) is 0 Å². The van der Waals surface area contributed by atoms with Crippen LogP contribution in [0.4, 0.5) is 0 Å². The van der Waals surface area contributed by atoms with Crippen LogP contribution < -0.4 is 4.74 Å². The van der Waals surface area contributed by atoms with Gasteiger partial charge in [0.25, 0.3) is 5.91 Å². The Kier molecular flexibility index (Phi) is 6.72. The molecule has 0 unspecified atom stereocenters. The summed E-state index contributed by atoms with van der Waals surface area (Å²) >= 11 is 1.72. The van der Waals surface area contributed by atoms with Gasteiger partial charge in [-0.3, -0.25) is 9.59 Å². The Morgan fingerprint density at radius 3 is 2.77 bits per heavy atom. The van der Waals surface area contributed by atoms with Gasteiger partial charge in [-0.1, -0.05) is 25.1 Å². The van der Waals surface area contributed by atoms with Crippen LogP contribution in [0.3, 0.4) is 0 Å². The van der Waals surface area contributed by atoms with Crippen molar-refractivity contribution in [3.63, 3.8) is 0 Å². The van der Waals surface area contributed by atoms with E-state index < -0.39 is 0 Å². The summed E-state index contributed by atoms with van der Waals surface area (Å²) < 4.78 is 11.3. The second-order valence-corrected chi connectivity index (χ2v) is 8.48. The summed E-state index contributed by atoms with van der Waals surface area (Å²) in [5.41, 5.74) is 1.14. The molecule has 7 heteroatoms. The van der Waals surface area contributed by atoms with Crippen LogP contribution in [0.5, 0.6) is 5.75 Å². The van der Waals surface area contributed by atoms with Gasteiger partial charge in [0.1, 0.15) is 18.9 Å². The number of carbonyl (C=O) groups excluding carboxylic acids is 2. The first-order valence-electron chi connectivity index (χ1n) is 10.5. The van der Waals surface area contributed by atoms with E-state index in [4.69, 9.17) is 9.15 Å². The highest BCUT2D eigenvalue weighted by atomic mass is 32.1. The number of furan rings is 1. The Morgan fingerprint density at radius 1 is 1.19 bits per heavy atom. The van der Waals surface area contributed by atoms with Gasteiger partial charge in [-0.15, -0.1) is 11.3 Å². The summed E-state index contributed by atoms with van der Waals surface area (Å²) in [6, 6.07) is 14.8. The standard InChI is InChI=1S/C24H26N2O4S/c1-2-12-25(24(28)21-9-6-14-29-21)16-23(27)26-13-10-22-19(11-15-31-22)20(26)17-30-18-7-4-3-5-8-18/h3-9,11,14-15,20H,2,10,12-13,16-17H2,1H3/t20-/m0/s1. The molecule has 0 N–H and O–H groups in total. The van der Waals surface area contributed by atoms with E-state index in [9.17, 15) is 9.59 Å². The van der Waals surface area contributed by atoms with Crippen molar-refractivity contribution in [1.82, 2.24) is 9.80 Å². The number of nitrogens with zero attached hydrogens (tertiary/aromatic N) is 2. The second-order valence-electron chi connectivity index (χ2n) is 7.48. The van der Waals surface area contributed by atoms with Crippen molar-refractivity contribution in [2.24, 2.45) is 0 Å². The molecule has 0 saturated carbocycles. The van der Waals surface area contributed by atoms with Crippen molar-refractivity contribution < 1.29 is 18.7 Å². The van der Waals surface area contributed by atoms with Gasteiger partial charge in [-0.05, 0) is 54.1 Å². The SMILES string of the molecule is CCCN(CC(=O)N1CCc2sccc2[C@@H]1COc1ccccc1)C(=O)c1ccco1. The molecule has 2 amide bonds. The monoisotopic (exact) mass is 438 g/mol. The molecule has 1 aromatic carbocycles. The molecule has 2 aromatic heterocycles. The maximum Gasteiger partial charge on any atom is 0.290 e. The van der Waals surface area contributed by atoms with Crippen molar-refractivity contribution in [2.75, 3.05) is 26.2 Å². The fourth-order valence-electron chi connectivity index (χ4n) is 3.90. The van der Waals surface area contributed by atoms with Crippen LogP contribution in [0.1, 0.15) is 40.4 Å². The van der Waals surface area contributed by atoms with Crippen molar-refractivity contribution >= 4 is 23.2 Å². The molecule has 4 rings (SSSR count). The fourth-order valence-corrected chi connectivity index (χ4v) is 4.83. The minimum Gasteiger partial charge on any atom is -0.491 e. The number of hydrogen-bond donors (Lipinski definition) is 0. The van der Waals surface area contributed by atoms with E-state index in [2.05, 4.69) is 11.4 Å². The first-order valence-corrected chi connectivity index (χ1v) is 11.4. The van der Waals surface area contributed by atoms with Crippen LogP contribution in [0.25, 0.3) is 0 Å². The predicted molar refractivity (Wildman–Crippen MR) is 119 cm³/mol. The number of ether oxygens (including phenoxy) is 1. The number of benzene rings is 1. The largest absolute Gasteiger partial charge is 0.491 e. The van der Waals surface area contributed by atoms with Gasteiger partial charge in [0.2, 0.25) is 5.91 Å². The van der Waals surface area contributed by atoms with Crippen LogP contribution in [0.2, 0.25) is 0 Å². The number of fused-ring (bicyclic) bond motifs is 1. The summed E-state index contributed by atoms with van der Waals surface area (Å²) in [6.45, 7) is 3.49. The molecule has 3 heterocycles. The number of thiophene rings is 1. The summed E-state index contributed by atoms with van der Waals surface area (Å²) in [7, 11) is 0. The highest BCUT2D eigenvalue weighted by Gasteiger charge is 2.33. The smallest absolute Gasteiger partial charge is 0.290 e. The van der Waals surface area contributed by atoms with Gasteiger partial charge in [0, 0.05) is 18.0 Å². The van der Waals surface area contributed by atoms with Gasteiger partial charge in [0.15, 0.2) is 5.76 Å². The third-order valence-corrected chi connectivity index (χ3v) is 6.40. The van der Waals surface area contributed by atoms with Crippen LogP contribution >= 0.6 is 11.3 Å². The summed E-state index contributed by atoms with van der Waals surface area (Å²) in [4.78, 5) is 30.9. The average molecular weight is 439 g/mol. The minimum absolute atomic E-state index is 0.0225. The Balaban J connectivity index is 1.51. The lowest BCUT2D eigenvalue weighted by Crippen LogP contribution is -2.48. The highest BCUT2D eigenvalue weighted by Crippen LogP contribution is 2.34. The zero-order chi connectivity index (χ0) is 21.6. The predicted octanol–water partition coefficient (Wildman–Crippen LogP) is 4.40. The molecule has 31 heavy (non-hydrogen) atoms. The average Bonchev–Trinajstić information content (AvgIpc) is 3.49. The Hall–Kier alpha value is -3.06. The molecule has 1 aliphatic rings. The summed E-state index contributed by atoms with van der Waals surface area (Å²) in [5.74, 6) is 0.694. The number of rotatable bonds is 8. The number of amides is 2. The third kappa shape index (κ3) is 4.82. The molecular weight excluding hydrogens is 412 g/mol. The first-order chi connectivity index (χ1) is 15.2. The summed E-state index contributed by atoms with van der Waals surface area (Å²) in [5, 5.41) is 2.07. The van der Waals surface area contributed by atoms with E-state index in [-0.39, 0.29) is 30.2 Å². The van der Waals surface area contributed by atoms with Gasteiger partial charge < -0.3 is 19.0 Å². The molecule has 3 aromatic rings. The fraction of sp³-hybridized carbons (Fsp3) is 0.333. The Bertz CT molecular complexity index is 1000. The van der Waals surface area contributed by atoms with Crippen LogP contribution in [0, 0.1) is 0 Å². The minimum atomic E-state index is -0.259. The van der Waals surface area contributed by atoms with E-state index in [1.54, 1.807) is 28.4 Å². The quantitative estimate of drug-likeness (QED) is 0.523. The molecule has 0 spiro atoms. The molecule has 0 saturated heterocycles. The van der Waals surface area contributed by atoms with Gasteiger partial charge in [0.05, 0.1) is 12.3 Å². The number of para-hydroxylation sites is 1. The Morgan fingerprint density at radius 2 is 2.03 bits per heavy atom. The molecular formula is C24H26N2O4S. The molecule has 1 aliphatic heterocycles. The second kappa shape index (κ2) is 9.83. The third-order valence-electron chi connectivity index (χ3n) is 5.41. The van der Waals surface area contributed by atoms with E-state index in [1.165, 1.54) is 11.1 Å². The zero-order valence-electron chi connectivity index (χ0n) is 17.5. The van der Waals surface area contributed by atoms with Crippen LogP contribution in [0.15, 0.2) is 64.6 Å². The van der Waals surface area contributed by atoms with Crippen molar-refractivity contribution in [2.45, 2.75) is 25.8 Å². The molecule has 0 fully saturated rings. The molecule has 0 aliphatic carbocycles. The van der Waals surface area contributed by atoms with E-state index >= 15 is 0 Å². The van der Waals surface area contributed by atoms with Crippen LogP contribution in [-0.4, -0.2) is 47.9 Å². The number of hydrogen-bond acceptors (Lipinski definition) is 5. The normalized spacial score (nSPS) is 15.4. The number of carbonyl (C=O) groups is 2. The highest BCUT2D eigenvalue weighted by molar-refractivity contribution is 7.10. The lowest BCUT2D eigenvalue weighted by atomic mass is 10.0. The summed E-state index contributed by atoms with van der Waals surface area (Å²) in [6.07, 6.45) is 3.05. The van der Waals surface area contributed by atoms with Crippen LogP contribution in [-0.2, 0) is 11.2 Å². The first kappa shape index (κ1) is 21.2. The molecule has 0 bridgehead atoms. The van der Waals surface area contributed by atoms with Crippen molar-refractivity contribution in [3.05, 3.63) is 76.4 Å². The molecule has 6 nitrogen and oxygen atoms in total. The lowest BCUT2D eigenvalue weighted by Gasteiger charge is -2.37. The zero-order valence-corrected chi connectivity index (χ0v) is 18.3. The van der Waals surface area contributed by atoms with Gasteiger partial charge >= 0.3 is 0 Å². The topological polar surface area (TPSA) is 63.0 Å². The Labute approximate surface area is 186 Å². The maximum absolute atomic E-state index is 13.4. The molecule has 162 valence electrons. The van der Waals surface area contributed by atoms with E-state index in [1.807, 2.05) is 42.2 Å². The van der Waals surface area contributed by atoms with Crippen molar-refractivity contribution in [1.29, 1.82) is 0 Å². The molecule has 1 atom stereocenters.